The van der Waals surface area contributed by atoms with Crippen LogP contribution in [0.25, 0.3) is 0 Å². The third kappa shape index (κ3) is 4.67. The smallest absolute Gasteiger partial charge is 0.193 e. The predicted molar refractivity (Wildman–Crippen MR) is 98.9 cm³/mol. The fourth-order valence-corrected chi connectivity index (χ4v) is 3.72. The van der Waals surface area contributed by atoms with Crippen LogP contribution in [0.4, 0.5) is 0 Å². The number of aliphatic imine (C=N–C) groups is 1. The lowest BCUT2D eigenvalue weighted by Crippen LogP contribution is -2.48. The van der Waals surface area contributed by atoms with Crippen molar-refractivity contribution in [2.24, 2.45) is 10.9 Å². The molecule has 1 aromatic carbocycles. The zero-order valence-electron chi connectivity index (χ0n) is 14.1. The van der Waals surface area contributed by atoms with Crippen molar-refractivity contribution in [1.29, 1.82) is 0 Å². The van der Waals surface area contributed by atoms with Gasteiger partial charge in [-0.05, 0) is 42.2 Å². The number of guanidine groups is 1. The lowest BCUT2D eigenvalue weighted by atomic mass is 9.82. The first-order chi connectivity index (χ1) is 10.8. The van der Waals surface area contributed by atoms with Crippen LogP contribution in [-0.4, -0.2) is 49.6 Å². The molecule has 0 aromatic heterocycles. The quantitative estimate of drug-likeness (QED) is 0.512. The normalized spacial score (nSPS) is 22.7. The Bertz CT molecular complexity index is 461. The third-order valence-electron chi connectivity index (χ3n) is 4.45. The fraction of sp³-hybridized carbons (Fsp3) is 0.611. The Hall–Kier alpha value is -1.16. The van der Waals surface area contributed by atoms with Crippen LogP contribution in [0.2, 0.25) is 0 Å². The monoisotopic (exact) mass is 319 g/mol. The van der Waals surface area contributed by atoms with Gasteiger partial charge in [0.2, 0.25) is 0 Å². The first-order valence-electron chi connectivity index (χ1n) is 8.25. The van der Waals surface area contributed by atoms with Crippen LogP contribution < -0.4 is 5.32 Å². The van der Waals surface area contributed by atoms with Crippen molar-refractivity contribution in [1.82, 2.24) is 10.2 Å². The van der Waals surface area contributed by atoms with E-state index in [-0.39, 0.29) is 0 Å². The van der Waals surface area contributed by atoms with Crippen LogP contribution in [0.3, 0.4) is 0 Å². The topological polar surface area (TPSA) is 27.6 Å². The van der Waals surface area contributed by atoms with E-state index in [0.29, 0.717) is 11.8 Å². The number of hydrogen-bond acceptors (Lipinski definition) is 2. The molecular weight excluding hydrogens is 290 g/mol. The summed E-state index contributed by atoms with van der Waals surface area (Å²) in [7, 11) is 1.89. The van der Waals surface area contributed by atoms with Gasteiger partial charge in [-0.25, -0.2) is 0 Å². The molecule has 122 valence electrons. The van der Waals surface area contributed by atoms with Gasteiger partial charge in [0.25, 0.3) is 0 Å². The number of rotatable bonds is 5. The Morgan fingerprint density at radius 1 is 1.36 bits per heavy atom. The molecule has 2 rings (SSSR count). The summed E-state index contributed by atoms with van der Waals surface area (Å²) in [5.41, 5.74) is 1.48. The molecule has 1 saturated heterocycles. The molecule has 0 spiro atoms. The first kappa shape index (κ1) is 17.2. The highest BCUT2D eigenvalue weighted by Gasteiger charge is 2.28. The summed E-state index contributed by atoms with van der Waals surface area (Å²) in [6.45, 7) is 5.55. The van der Waals surface area contributed by atoms with Crippen molar-refractivity contribution >= 4 is 17.7 Å². The van der Waals surface area contributed by atoms with Gasteiger partial charge in [-0.15, -0.1) is 0 Å². The summed E-state index contributed by atoms with van der Waals surface area (Å²) in [6.07, 6.45) is 4.55. The van der Waals surface area contributed by atoms with Gasteiger partial charge < -0.3 is 10.2 Å². The Morgan fingerprint density at radius 3 is 2.77 bits per heavy atom. The molecule has 1 N–H and O–H groups in total. The van der Waals surface area contributed by atoms with Gasteiger partial charge in [-0.3, -0.25) is 4.99 Å². The predicted octanol–water partition coefficient (Wildman–Crippen LogP) is 3.44. The SMILES string of the molecule is CN=C(NCCCSC)N1CCC(c2ccccc2)C(C)C1. The third-order valence-corrected chi connectivity index (χ3v) is 5.15. The minimum atomic E-state index is 0.654. The van der Waals surface area contributed by atoms with E-state index >= 15 is 0 Å². The van der Waals surface area contributed by atoms with Gasteiger partial charge in [0.15, 0.2) is 5.96 Å². The van der Waals surface area contributed by atoms with E-state index < -0.39 is 0 Å². The number of hydrogen-bond donors (Lipinski definition) is 1. The lowest BCUT2D eigenvalue weighted by Gasteiger charge is -2.39. The molecule has 4 heteroatoms. The molecule has 2 unspecified atom stereocenters. The average Bonchev–Trinajstić information content (AvgIpc) is 2.56. The number of piperidine rings is 1. The summed E-state index contributed by atoms with van der Waals surface area (Å²) in [4.78, 5) is 6.89. The minimum Gasteiger partial charge on any atom is -0.356 e. The second-order valence-electron chi connectivity index (χ2n) is 6.05. The van der Waals surface area contributed by atoms with Crippen molar-refractivity contribution < 1.29 is 0 Å². The van der Waals surface area contributed by atoms with E-state index in [9.17, 15) is 0 Å². The average molecular weight is 320 g/mol. The van der Waals surface area contributed by atoms with Crippen LogP contribution >= 0.6 is 11.8 Å². The lowest BCUT2D eigenvalue weighted by molar-refractivity contribution is 0.234. The number of benzene rings is 1. The van der Waals surface area contributed by atoms with E-state index in [1.54, 1.807) is 0 Å². The van der Waals surface area contributed by atoms with Crippen LogP contribution in [0.15, 0.2) is 35.3 Å². The van der Waals surface area contributed by atoms with Crippen LogP contribution in [0, 0.1) is 5.92 Å². The standard InChI is InChI=1S/C18H29N3S/c1-15-14-21(18(19-2)20-11-7-13-22-3)12-10-17(15)16-8-5-4-6-9-16/h4-6,8-9,15,17H,7,10-14H2,1-3H3,(H,19,20). The van der Waals surface area contributed by atoms with Crippen molar-refractivity contribution in [2.75, 3.05) is 38.7 Å². The largest absolute Gasteiger partial charge is 0.356 e. The van der Waals surface area contributed by atoms with Gasteiger partial charge in [0, 0.05) is 26.7 Å². The van der Waals surface area contributed by atoms with Crippen molar-refractivity contribution in [2.45, 2.75) is 25.7 Å². The summed E-state index contributed by atoms with van der Waals surface area (Å²) >= 11 is 1.90. The minimum absolute atomic E-state index is 0.654. The molecule has 3 nitrogen and oxygen atoms in total. The first-order valence-corrected chi connectivity index (χ1v) is 9.65. The molecule has 2 atom stereocenters. The number of nitrogens with zero attached hydrogens (tertiary/aromatic N) is 2. The Labute approximate surface area is 139 Å². The molecule has 0 radical (unpaired) electrons. The highest BCUT2D eigenvalue weighted by molar-refractivity contribution is 7.98. The second-order valence-corrected chi connectivity index (χ2v) is 7.04. The molecule has 0 aliphatic carbocycles. The summed E-state index contributed by atoms with van der Waals surface area (Å²) < 4.78 is 0. The molecule has 0 amide bonds. The van der Waals surface area contributed by atoms with Crippen LogP contribution in [0.5, 0.6) is 0 Å². The molecular formula is C18H29N3S. The van der Waals surface area contributed by atoms with Crippen molar-refractivity contribution in [3.63, 3.8) is 0 Å². The summed E-state index contributed by atoms with van der Waals surface area (Å²) in [5.74, 6) is 3.60. The highest BCUT2D eigenvalue weighted by Crippen LogP contribution is 2.32. The fourth-order valence-electron chi connectivity index (χ4n) is 3.28. The highest BCUT2D eigenvalue weighted by atomic mass is 32.2. The molecule has 1 aromatic rings. The van der Waals surface area contributed by atoms with Crippen molar-refractivity contribution in [3.05, 3.63) is 35.9 Å². The number of likely N-dealkylation sites (tertiary alicyclic amines) is 1. The zero-order valence-corrected chi connectivity index (χ0v) is 14.9. The molecule has 22 heavy (non-hydrogen) atoms. The van der Waals surface area contributed by atoms with E-state index in [0.717, 1.165) is 25.6 Å². The summed E-state index contributed by atoms with van der Waals surface area (Å²) in [6, 6.07) is 10.9. The molecule has 1 aliphatic rings. The Morgan fingerprint density at radius 2 is 2.14 bits per heavy atom. The van der Waals surface area contributed by atoms with Crippen LogP contribution in [-0.2, 0) is 0 Å². The van der Waals surface area contributed by atoms with Gasteiger partial charge >= 0.3 is 0 Å². The van der Waals surface area contributed by atoms with Gasteiger partial charge in [-0.2, -0.15) is 11.8 Å². The van der Waals surface area contributed by atoms with E-state index in [1.165, 1.54) is 24.2 Å². The number of nitrogens with one attached hydrogen (secondary N) is 1. The molecule has 1 heterocycles. The number of thioether (sulfide) groups is 1. The summed E-state index contributed by atoms with van der Waals surface area (Å²) in [5, 5.41) is 3.51. The second kappa shape index (κ2) is 9.09. The Kier molecular flexibility index (Phi) is 7.10. The molecule has 1 aliphatic heterocycles. The molecule has 0 saturated carbocycles. The van der Waals surface area contributed by atoms with Crippen LogP contribution in [0.1, 0.15) is 31.2 Å². The van der Waals surface area contributed by atoms with Gasteiger partial charge in [0.05, 0.1) is 0 Å². The van der Waals surface area contributed by atoms with Gasteiger partial charge in [-0.1, -0.05) is 37.3 Å². The van der Waals surface area contributed by atoms with Gasteiger partial charge in [0.1, 0.15) is 0 Å². The molecule has 1 fully saturated rings. The Balaban J connectivity index is 1.88. The maximum absolute atomic E-state index is 4.47. The molecule has 0 bridgehead atoms. The van der Waals surface area contributed by atoms with E-state index in [1.807, 2.05) is 18.8 Å². The zero-order chi connectivity index (χ0) is 15.8. The van der Waals surface area contributed by atoms with E-state index in [4.69, 9.17) is 0 Å². The maximum Gasteiger partial charge on any atom is 0.193 e. The van der Waals surface area contributed by atoms with Crippen molar-refractivity contribution in [3.8, 4) is 0 Å². The van der Waals surface area contributed by atoms with E-state index in [2.05, 4.69) is 58.7 Å². The maximum atomic E-state index is 4.47.